The van der Waals surface area contributed by atoms with Gasteiger partial charge in [-0.3, -0.25) is 0 Å². The number of nitrogens with zero attached hydrogens (tertiary/aromatic N) is 1. The van der Waals surface area contributed by atoms with Crippen LogP contribution in [0.1, 0.15) is 5.56 Å². The number of hydrogen-bond acceptors (Lipinski definition) is 2. The van der Waals surface area contributed by atoms with Gasteiger partial charge < -0.3 is 0 Å². The highest BCUT2D eigenvalue weighted by Crippen LogP contribution is 2.38. The van der Waals surface area contributed by atoms with Crippen LogP contribution in [0.3, 0.4) is 0 Å². The van der Waals surface area contributed by atoms with Crippen LogP contribution in [0.25, 0.3) is 10.1 Å². The second-order valence-electron chi connectivity index (χ2n) is 2.51. The van der Waals surface area contributed by atoms with E-state index >= 15 is 0 Å². The van der Waals surface area contributed by atoms with Crippen molar-refractivity contribution < 1.29 is 0 Å². The maximum atomic E-state index is 8.67. The quantitative estimate of drug-likeness (QED) is 0.666. The van der Waals surface area contributed by atoms with Crippen molar-refractivity contribution in [3.63, 3.8) is 0 Å². The van der Waals surface area contributed by atoms with Crippen molar-refractivity contribution in [3.8, 4) is 6.07 Å². The van der Waals surface area contributed by atoms with Gasteiger partial charge in [-0.1, -0.05) is 23.2 Å². The summed E-state index contributed by atoms with van der Waals surface area (Å²) in [5.74, 6) is 0. The summed E-state index contributed by atoms with van der Waals surface area (Å²) in [6, 6.07) is 7.42. The average molecular weight is 228 g/mol. The lowest BCUT2D eigenvalue weighted by atomic mass is 10.2. The van der Waals surface area contributed by atoms with Gasteiger partial charge in [-0.05, 0) is 18.2 Å². The summed E-state index contributed by atoms with van der Waals surface area (Å²) in [6.45, 7) is 0. The molecule has 0 N–H and O–H groups in total. The van der Waals surface area contributed by atoms with Crippen molar-refractivity contribution in [2.45, 2.75) is 0 Å². The third kappa shape index (κ3) is 1.40. The Morgan fingerprint density at radius 1 is 1.31 bits per heavy atom. The van der Waals surface area contributed by atoms with E-state index in [1.165, 1.54) is 11.3 Å². The van der Waals surface area contributed by atoms with Crippen molar-refractivity contribution in [2.75, 3.05) is 0 Å². The molecule has 4 heteroatoms. The van der Waals surface area contributed by atoms with E-state index in [9.17, 15) is 0 Å². The first-order valence-electron chi connectivity index (χ1n) is 3.50. The monoisotopic (exact) mass is 227 g/mol. The summed E-state index contributed by atoms with van der Waals surface area (Å²) < 4.78 is 1.58. The molecule has 0 amide bonds. The Hall–Kier alpha value is -0.750. The normalized spacial score (nSPS) is 10.2. The number of hydrogen-bond donors (Lipinski definition) is 0. The van der Waals surface area contributed by atoms with Crippen molar-refractivity contribution in [2.24, 2.45) is 0 Å². The van der Waals surface area contributed by atoms with E-state index in [-0.39, 0.29) is 0 Å². The van der Waals surface area contributed by atoms with E-state index in [2.05, 4.69) is 6.07 Å². The van der Waals surface area contributed by atoms with Crippen molar-refractivity contribution in [1.82, 2.24) is 0 Å². The Balaban J connectivity index is 2.84. The molecule has 2 rings (SSSR count). The smallest absolute Gasteiger partial charge is 0.113 e. The molecule has 0 fully saturated rings. The van der Waals surface area contributed by atoms with Gasteiger partial charge in [0, 0.05) is 10.1 Å². The van der Waals surface area contributed by atoms with Gasteiger partial charge in [0.2, 0.25) is 0 Å². The van der Waals surface area contributed by atoms with Crippen LogP contribution in [0.2, 0.25) is 9.36 Å². The minimum atomic E-state index is 0.541. The summed E-state index contributed by atoms with van der Waals surface area (Å²) >= 11 is 13.2. The van der Waals surface area contributed by atoms with E-state index < -0.39 is 0 Å². The number of nitriles is 1. The van der Waals surface area contributed by atoms with Crippen LogP contribution in [-0.4, -0.2) is 0 Å². The van der Waals surface area contributed by atoms with E-state index in [4.69, 9.17) is 28.5 Å². The highest BCUT2D eigenvalue weighted by atomic mass is 35.5. The van der Waals surface area contributed by atoms with Crippen LogP contribution in [0, 0.1) is 11.3 Å². The number of halogens is 2. The summed E-state index contributed by atoms with van der Waals surface area (Å²) in [6.07, 6.45) is 0. The first kappa shape index (κ1) is 8.83. The largest absolute Gasteiger partial charge is 0.192 e. The molecule has 1 nitrogen and oxygen atoms in total. The Labute approximate surface area is 89.1 Å². The lowest BCUT2D eigenvalue weighted by Crippen LogP contribution is -1.71. The highest BCUT2D eigenvalue weighted by Gasteiger charge is 2.08. The van der Waals surface area contributed by atoms with Crippen LogP contribution in [0.15, 0.2) is 18.2 Å². The van der Waals surface area contributed by atoms with Gasteiger partial charge in [-0.2, -0.15) is 5.26 Å². The molecule has 0 bridgehead atoms. The van der Waals surface area contributed by atoms with E-state index in [0.717, 1.165) is 10.1 Å². The molecule has 1 heterocycles. The zero-order valence-electron chi connectivity index (χ0n) is 6.34. The second-order valence-corrected chi connectivity index (χ2v) is 4.54. The van der Waals surface area contributed by atoms with E-state index in [0.29, 0.717) is 14.9 Å². The molecule has 0 radical (unpaired) electrons. The van der Waals surface area contributed by atoms with Crippen LogP contribution >= 0.6 is 34.5 Å². The first-order valence-corrected chi connectivity index (χ1v) is 5.07. The fourth-order valence-corrected chi connectivity index (χ4v) is 2.59. The maximum absolute atomic E-state index is 8.67. The number of fused-ring (bicyclic) bond motifs is 1. The Morgan fingerprint density at radius 3 is 2.77 bits per heavy atom. The fourth-order valence-electron chi connectivity index (χ4n) is 1.11. The van der Waals surface area contributed by atoms with Crippen molar-refractivity contribution >= 4 is 44.6 Å². The molecule has 2 aromatic rings. The van der Waals surface area contributed by atoms with Gasteiger partial charge in [0.15, 0.2) is 0 Å². The van der Waals surface area contributed by atoms with E-state index in [1.807, 2.05) is 6.07 Å². The second kappa shape index (κ2) is 3.19. The van der Waals surface area contributed by atoms with Gasteiger partial charge in [-0.25, -0.2) is 0 Å². The third-order valence-corrected chi connectivity index (χ3v) is 3.70. The number of rotatable bonds is 0. The zero-order valence-corrected chi connectivity index (χ0v) is 8.67. The molecule has 13 heavy (non-hydrogen) atoms. The molecule has 0 aliphatic rings. The molecule has 0 spiro atoms. The van der Waals surface area contributed by atoms with Crippen molar-refractivity contribution in [3.05, 3.63) is 33.1 Å². The molecule has 1 aromatic carbocycles. The topological polar surface area (TPSA) is 23.8 Å². The zero-order chi connectivity index (χ0) is 9.42. The molecule has 0 aliphatic heterocycles. The Kier molecular flexibility index (Phi) is 2.17. The van der Waals surface area contributed by atoms with E-state index in [1.54, 1.807) is 12.1 Å². The standard InChI is InChI=1S/C9H3Cl2NS/c10-8-6-3-5(4-12)1-2-7(6)13-9(8)11/h1-3H. The molecule has 64 valence electrons. The average Bonchev–Trinajstić information content (AvgIpc) is 2.43. The Bertz CT molecular complexity index is 510. The van der Waals surface area contributed by atoms with Crippen molar-refractivity contribution in [1.29, 1.82) is 5.26 Å². The lowest BCUT2D eigenvalue weighted by molar-refractivity contribution is 1.50. The summed E-state index contributed by atoms with van der Waals surface area (Å²) in [5.41, 5.74) is 0.601. The maximum Gasteiger partial charge on any atom is 0.113 e. The Morgan fingerprint density at radius 2 is 2.08 bits per heavy atom. The molecule has 0 atom stereocenters. The van der Waals surface area contributed by atoms with Gasteiger partial charge in [0.05, 0.1) is 16.7 Å². The van der Waals surface area contributed by atoms with Crippen LogP contribution in [-0.2, 0) is 0 Å². The summed E-state index contributed by atoms with van der Waals surface area (Å²) in [4.78, 5) is 0. The van der Waals surface area contributed by atoms with Crippen LogP contribution in [0.5, 0.6) is 0 Å². The fraction of sp³-hybridized carbons (Fsp3) is 0. The summed E-state index contributed by atoms with van der Waals surface area (Å²) in [5, 5.41) is 10.1. The molecular weight excluding hydrogens is 225 g/mol. The van der Waals surface area contributed by atoms with Crippen LogP contribution in [0.4, 0.5) is 0 Å². The molecule has 0 saturated heterocycles. The lowest BCUT2D eigenvalue weighted by Gasteiger charge is -1.90. The third-order valence-electron chi connectivity index (χ3n) is 1.72. The molecule has 0 aliphatic carbocycles. The minimum Gasteiger partial charge on any atom is -0.192 e. The molecule has 0 saturated carbocycles. The van der Waals surface area contributed by atoms with Gasteiger partial charge in [0.25, 0.3) is 0 Å². The van der Waals surface area contributed by atoms with Gasteiger partial charge >= 0.3 is 0 Å². The van der Waals surface area contributed by atoms with Gasteiger partial charge in [-0.15, -0.1) is 11.3 Å². The minimum absolute atomic E-state index is 0.541. The number of thiophene rings is 1. The van der Waals surface area contributed by atoms with Gasteiger partial charge in [0.1, 0.15) is 4.34 Å². The highest BCUT2D eigenvalue weighted by molar-refractivity contribution is 7.23. The predicted octanol–water partition coefficient (Wildman–Crippen LogP) is 4.08. The predicted molar refractivity (Wildman–Crippen MR) is 56.6 cm³/mol. The summed E-state index contributed by atoms with van der Waals surface area (Å²) in [7, 11) is 0. The molecule has 0 unspecified atom stereocenters. The first-order chi connectivity index (χ1) is 6.22. The molecule has 1 aromatic heterocycles. The van der Waals surface area contributed by atoms with Crippen LogP contribution < -0.4 is 0 Å². The SMILES string of the molecule is N#Cc1ccc2sc(Cl)c(Cl)c2c1. The molecular formula is C9H3Cl2NS. The number of benzene rings is 1.